The fourth-order valence-corrected chi connectivity index (χ4v) is 2.45. The van der Waals surface area contributed by atoms with Crippen LogP contribution >= 0.6 is 0 Å². The molecule has 1 aliphatic rings. The number of carbonyl (C=O) groups is 1. The van der Waals surface area contributed by atoms with Gasteiger partial charge in [-0.25, -0.2) is 0 Å². The molecule has 0 aliphatic carbocycles. The average Bonchev–Trinajstić information content (AvgIpc) is 2.73. The molecule has 21 heavy (non-hydrogen) atoms. The second-order valence-corrected chi connectivity index (χ2v) is 5.01. The highest BCUT2D eigenvalue weighted by Crippen LogP contribution is 2.14. The number of nitro benzene ring substituents is 1. The number of benzene rings is 1. The van der Waals surface area contributed by atoms with Gasteiger partial charge >= 0.3 is 0 Å². The van der Waals surface area contributed by atoms with Crippen LogP contribution in [-0.2, 0) is 0 Å². The van der Waals surface area contributed by atoms with Crippen molar-refractivity contribution in [2.45, 2.75) is 6.42 Å². The molecule has 0 unspecified atom stereocenters. The third-order valence-corrected chi connectivity index (χ3v) is 3.62. The number of carbonyl (C=O) groups excluding carboxylic acids is 1. The summed E-state index contributed by atoms with van der Waals surface area (Å²) in [4.78, 5) is 26.4. The molecule has 0 atom stereocenters. The van der Waals surface area contributed by atoms with Gasteiger partial charge in [0.1, 0.15) is 0 Å². The highest BCUT2D eigenvalue weighted by molar-refractivity contribution is 5.94. The van der Waals surface area contributed by atoms with Crippen molar-refractivity contribution in [1.82, 2.24) is 9.80 Å². The highest BCUT2D eigenvalue weighted by Gasteiger charge is 2.20. The van der Waals surface area contributed by atoms with E-state index in [9.17, 15) is 14.9 Å². The zero-order valence-electron chi connectivity index (χ0n) is 11.8. The number of amides is 1. The Morgan fingerprint density at radius 3 is 2.52 bits per heavy atom. The number of β-amino-alcohol motifs (C(OH)–C–C–N with tert-alkyl or cyclic N) is 1. The maximum atomic E-state index is 12.4. The van der Waals surface area contributed by atoms with Crippen molar-refractivity contribution in [3.05, 3.63) is 39.9 Å². The fourth-order valence-electron chi connectivity index (χ4n) is 2.45. The molecule has 1 aliphatic heterocycles. The van der Waals surface area contributed by atoms with E-state index in [0.29, 0.717) is 25.2 Å². The molecule has 0 aromatic heterocycles. The summed E-state index contributed by atoms with van der Waals surface area (Å²) < 4.78 is 0. The summed E-state index contributed by atoms with van der Waals surface area (Å²) in [5.41, 5.74) is 0.452. The van der Waals surface area contributed by atoms with Crippen LogP contribution in [-0.4, -0.2) is 65.1 Å². The van der Waals surface area contributed by atoms with E-state index in [4.69, 9.17) is 5.11 Å². The van der Waals surface area contributed by atoms with Gasteiger partial charge in [0.2, 0.25) is 0 Å². The topological polar surface area (TPSA) is 86.9 Å². The van der Waals surface area contributed by atoms with Crippen LogP contribution in [0.5, 0.6) is 0 Å². The van der Waals surface area contributed by atoms with Crippen LogP contribution in [0.4, 0.5) is 5.69 Å². The van der Waals surface area contributed by atoms with Crippen LogP contribution < -0.4 is 0 Å². The molecule has 7 heteroatoms. The molecule has 1 heterocycles. The molecule has 0 spiro atoms. The van der Waals surface area contributed by atoms with E-state index < -0.39 is 4.92 Å². The number of aliphatic hydroxyl groups is 1. The van der Waals surface area contributed by atoms with Crippen LogP contribution in [0.1, 0.15) is 16.8 Å². The molecule has 1 saturated heterocycles. The minimum absolute atomic E-state index is 0.0171. The first-order chi connectivity index (χ1) is 10.1. The summed E-state index contributed by atoms with van der Waals surface area (Å²) in [6.45, 7) is 3.62. The van der Waals surface area contributed by atoms with Gasteiger partial charge in [-0.1, -0.05) is 0 Å². The van der Waals surface area contributed by atoms with Crippen molar-refractivity contribution in [1.29, 1.82) is 0 Å². The maximum absolute atomic E-state index is 12.4. The number of rotatable bonds is 4. The van der Waals surface area contributed by atoms with Crippen molar-refractivity contribution in [3.8, 4) is 0 Å². The van der Waals surface area contributed by atoms with Gasteiger partial charge in [0.25, 0.3) is 11.6 Å². The number of hydrogen-bond donors (Lipinski definition) is 1. The SMILES string of the molecule is O=C(c1ccc([N+](=O)[O-])cc1)N1CCCN(CCO)CC1. The number of non-ortho nitro benzene ring substituents is 1. The zero-order chi connectivity index (χ0) is 15.2. The normalized spacial score (nSPS) is 16.5. The van der Waals surface area contributed by atoms with Crippen molar-refractivity contribution in [2.75, 3.05) is 39.3 Å². The van der Waals surface area contributed by atoms with E-state index in [0.717, 1.165) is 19.5 Å². The number of nitro groups is 1. The van der Waals surface area contributed by atoms with Crippen LogP contribution in [0.25, 0.3) is 0 Å². The van der Waals surface area contributed by atoms with Gasteiger partial charge in [0.05, 0.1) is 11.5 Å². The van der Waals surface area contributed by atoms with Gasteiger partial charge in [-0.2, -0.15) is 0 Å². The van der Waals surface area contributed by atoms with Gasteiger partial charge in [0, 0.05) is 43.9 Å². The number of aliphatic hydroxyl groups excluding tert-OH is 1. The minimum atomic E-state index is -0.479. The first-order valence-electron chi connectivity index (χ1n) is 6.99. The molecule has 2 rings (SSSR count). The largest absolute Gasteiger partial charge is 0.395 e. The smallest absolute Gasteiger partial charge is 0.269 e. The first-order valence-corrected chi connectivity index (χ1v) is 6.99. The van der Waals surface area contributed by atoms with Crippen LogP contribution in [0.2, 0.25) is 0 Å². The van der Waals surface area contributed by atoms with Gasteiger partial charge in [-0.15, -0.1) is 0 Å². The van der Waals surface area contributed by atoms with Crippen LogP contribution in [0.15, 0.2) is 24.3 Å². The van der Waals surface area contributed by atoms with Crippen molar-refractivity contribution >= 4 is 11.6 Å². The lowest BCUT2D eigenvalue weighted by Crippen LogP contribution is -2.35. The second-order valence-electron chi connectivity index (χ2n) is 5.01. The van der Waals surface area contributed by atoms with Gasteiger partial charge in [0.15, 0.2) is 0 Å². The van der Waals surface area contributed by atoms with E-state index in [1.165, 1.54) is 24.3 Å². The van der Waals surface area contributed by atoms with Crippen LogP contribution in [0.3, 0.4) is 0 Å². The van der Waals surface area contributed by atoms with Crippen LogP contribution in [0, 0.1) is 10.1 Å². The predicted molar refractivity (Wildman–Crippen MR) is 77.1 cm³/mol. The van der Waals surface area contributed by atoms with E-state index in [1.807, 2.05) is 0 Å². The lowest BCUT2D eigenvalue weighted by molar-refractivity contribution is -0.384. The Morgan fingerprint density at radius 1 is 1.19 bits per heavy atom. The van der Waals surface area contributed by atoms with Gasteiger partial charge in [-0.3, -0.25) is 19.8 Å². The molecule has 1 amide bonds. The molecule has 0 saturated carbocycles. The summed E-state index contributed by atoms with van der Waals surface area (Å²) in [5, 5.41) is 19.6. The standard InChI is InChI=1S/C14H19N3O4/c18-11-10-15-6-1-7-16(9-8-15)14(19)12-2-4-13(5-3-12)17(20)21/h2-5,18H,1,6-11H2. The lowest BCUT2D eigenvalue weighted by atomic mass is 10.2. The second kappa shape index (κ2) is 7.14. The molecule has 1 N–H and O–H groups in total. The van der Waals surface area contributed by atoms with E-state index in [2.05, 4.69) is 4.90 Å². The Labute approximate surface area is 122 Å². The van der Waals surface area contributed by atoms with Gasteiger partial charge < -0.3 is 10.0 Å². The monoisotopic (exact) mass is 293 g/mol. The Morgan fingerprint density at radius 2 is 1.90 bits per heavy atom. The summed E-state index contributed by atoms with van der Waals surface area (Å²) in [6.07, 6.45) is 0.860. The van der Waals surface area contributed by atoms with E-state index in [1.54, 1.807) is 4.90 Å². The summed E-state index contributed by atoms with van der Waals surface area (Å²) in [7, 11) is 0. The van der Waals surface area contributed by atoms with Crippen molar-refractivity contribution in [2.24, 2.45) is 0 Å². The summed E-state index contributed by atoms with van der Waals surface area (Å²) in [5.74, 6) is -0.101. The van der Waals surface area contributed by atoms with Crippen molar-refractivity contribution < 1.29 is 14.8 Å². The molecular formula is C14H19N3O4. The molecule has 114 valence electrons. The Kier molecular flexibility index (Phi) is 5.24. The molecule has 1 aromatic carbocycles. The highest BCUT2D eigenvalue weighted by atomic mass is 16.6. The Bertz CT molecular complexity index is 503. The maximum Gasteiger partial charge on any atom is 0.269 e. The Balaban J connectivity index is 2.00. The molecule has 1 fully saturated rings. The molecular weight excluding hydrogens is 274 g/mol. The summed E-state index contributed by atoms with van der Waals surface area (Å²) >= 11 is 0. The third-order valence-electron chi connectivity index (χ3n) is 3.62. The van der Waals surface area contributed by atoms with Crippen molar-refractivity contribution in [3.63, 3.8) is 0 Å². The quantitative estimate of drug-likeness (QED) is 0.653. The van der Waals surface area contributed by atoms with Gasteiger partial charge in [-0.05, 0) is 25.1 Å². The van der Waals surface area contributed by atoms with E-state index >= 15 is 0 Å². The first kappa shape index (κ1) is 15.4. The predicted octanol–water partition coefficient (Wildman–Crippen LogP) is 0.735. The molecule has 7 nitrogen and oxygen atoms in total. The third kappa shape index (κ3) is 3.99. The summed E-state index contributed by atoms with van der Waals surface area (Å²) in [6, 6.07) is 5.69. The molecule has 0 radical (unpaired) electrons. The van der Waals surface area contributed by atoms with E-state index in [-0.39, 0.29) is 18.2 Å². The Hall–Kier alpha value is -1.99. The molecule has 1 aromatic rings. The minimum Gasteiger partial charge on any atom is -0.395 e. The number of hydrogen-bond acceptors (Lipinski definition) is 5. The number of nitrogens with zero attached hydrogens (tertiary/aromatic N) is 3. The average molecular weight is 293 g/mol. The molecule has 0 bridgehead atoms. The zero-order valence-corrected chi connectivity index (χ0v) is 11.8. The fraction of sp³-hybridized carbons (Fsp3) is 0.500. The lowest BCUT2D eigenvalue weighted by Gasteiger charge is -2.21.